The molecule has 104 valence electrons. The van der Waals surface area contributed by atoms with Crippen LogP contribution in [0.25, 0.3) is 0 Å². The summed E-state index contributed by atoms with van der Waals surface area (Å²) in [5.41, 5.74) is 7.14. The van der Waals surface area contributed by atoms with Gasteiger partial charge in [-0.15, -0.1) is 0 Å². The number of carbonyl (C=O) groups excluding carboxylic acids is 2. The predicted octanol–water partition coefficient (Wildman–Crippen LogP) is 1.01. The lowest BCUT2D eigenvalue weighted by Gasteiger charge is -2.17. The lowest BCUT2D eigenvalue weighted by Crippen LogP contribution is -2.45. The third kappa shape index (κ3) is 4.28. The van der Waals surface area contributed by atoms with Crippen LogP contribution < -0.4 is 16.4 Å². The maximum absolute atomic E-state index is 12.0. The van der Waals surface area contributed by atoms with Gasteiger partial charge in [-0.1, -0.05) is 12.1 Å². The third-order valence-corrected chi connectivity index (χ3v) is 2.91. The molecule has 1 aromatic rings. The molecule has 19 heavy (non-hydrogen) atoms. The average molecular weight is 263 g/mol. The minimum absolute atomic E-state index is 0.185. The van der Waals surface area contributed by atoms with Crippen LogP contribution in [0, 0.1) is 0 Å². The minimum Gasteiger partial charge on any atom is -0.399 e. The van der Waals surface area contributed by atoms with Gasteiger partial charge in [-0.3, -0.25) is 9.59 Å². The fourth-order valence-electron chi connectivity index (χ4n) is 1.71. The second kappa shape index (κ2) is 6.78. The number of hydrogen-bond acceptors (Lipinski definition) is 3. The van der Waals surface area contributed by atoms with Crippen molar-refractivity contribution >= 4 is 17.5 Å². The molecular weight excluding hydrogens is 242 g/mol. The zero-order valence-electron chi connectivity index (χ0n) is 11.6. The van der Waals surface area contributed by atoms with Crippen molar-refractivity contribution in [1.82, 2.24) is 10.6 Å². The van der Waals surface area contributed by atoms with Gasteiger partial charge in [0.1, 0.15) is 6.04 Å². The quantitative estimate of drug-likeness (QED) is 0.693. The summed E-state index contributed by atoms with van der Waals surface area (Å²) in [6.45, 7) is 5.83. The van der Waals surface area contributed by atoms with E-state index in [1.54, 1.807) is 26.0 Å². The van der Waals surface area contributed by atoms with Gasteiger partial charge in [-0.2, -0.15) is 0 Å². The zero-order valence-corrected chi connectivity index (χ0v) is 11.6. The number of nitrogen functional groups attached to an aromatic ring is 1. The molecule has 2 unspecified atom stereocenters. The number of anilines is 1. The fourth-order valence-corrected chi connectivity index (χ4v) is 1.71. The first kappa shape index (κ1) is 15.0. The van der Waals surface area contributed by atoms with E-state index in [1.807, 2.05) is 19.1 Å². The summed E-state index contributed by atoms with van der Waals surface area (Å²) in [4.78, 5) is 23.6. The Kier molecular flexibility index (Phi) is 5.36. The second-order valence-corrected chi connectivity index (χ2v) is 4.52. The van der Waals surface area contributed by atoms with Gasteiger partial charge in [0, 0.05) is 12.2 Å². The molecule has 1 aromatic carbocycles. The Hall–Kier alpha value is -2.04. The summed E-state index contributed by atoms with van der Waals surface area (Å²) in [5, 5.41) is 5.36. The number of likely N-dealkylation sites (N-methyl/N-ethyl adjacent to an activating group) is 1. The molecule has 2 amide bonds. The smallest absolute Gasteiger partial charge is 0.242 e. The average Bonchev–Trinajstić information content (AvgIpc) is 2.37. The van der Waals surface area contributed by atoms with Crippen LogP contribution in [0.3, 0.4) is 0 Å². The topological polar surface area (TPSA) is 84.2 Å². The molecule has 0 aromatic heterocycles. The van der Waals surface area contributed by atoms with Gasteiger partial charge in [0.25, 0.3) is 0 Å². The molecule has 0 radical (unpaired) electrons. The van der Waals surface area contributed by atoms with Crippen LogP contribution in [-0.4, -0.2) is 24.4 Å². The first-order chi connectivity index (χ1) is 8.95. The predicted molar refractivity (Wildman–Crippen MR) is 75.6 cm³/mol. The summed E-state index contributed by atoms with van der Waals surface area (Å²) in [5.74, 6) is -0.722. The van der Waals surface area contributed by atoms with E-state index < -0.39 is 6.04 Å². The van der Waals surface area contributed by atoms with Crippen molar-refractivity contribution < 1.29 is 9.59 Å². The number of hydrogen-bond donors (Lipinski definition) is 3. The van der Waals surface area contributed by atoms with Crippen molar-refractivity contribution in [3.05, 3.63) is 29.8 Å². The van der Waals surface area contributed by atoms with E-state index in [-0.39, 0.29) is 17.7 Å². The van der Waals surface area contributed by atoms with Crippen molar-refractivity contribution in [2.45, 2.75) is 32.7 Å². The third-order valence-electron chi connectivity index (χ3n) is 2.91. The molecule has 5 nitrogen and oxygen atoms in total. The minimum atomic E-state index is -0.545. The van der Waals surface area contributed by atoms with Gasteiger partial charge >= 0.3 is 0 Å². The molecule has 0 bridgehead atoms. The second-order valence-electron chi connectivity index (χ2n) is 4.52. The van der Waals surface area contributed by atoms with Crippen LogP contribution in [-0.2, 0) is 9.59 Å². The van der Waals surface area contributed by atoms with E-state index in [9.17, 15) is 9.59 Å². The Bertz CT molecular complexity index is 460. The molecule has 0 saturated carbocycles. The van der Waals surface area contributed by atoms with Crippen LogP contribution in [0.4, 0.5) is 5.69 Å². The van der Waals surface area contributed by atoms with Gasteiger partial charge in [0.05, 0.1) is 5.92 Å². The normalized spacial score (nSPS) is 13.4. The SMILES string of the molecule is CCNC(=O)C(C)NC(=O)C(C)c1cccc(N)c1. The van der Waals surface area contributed by atoms with Crippen molar-refractivity contribution in [1.29, 1.82) is 0 Å². The van der Waals surface area contributed by atoms with E-state index in [0.29, 0.717) is 12.2 Å². The Morgan fingerprint density at radius 1 is 1.26 bits per heavy atom. The molecule has 5 heteroatoms. The monoisotopic (exact) mass is 263 g/mol. The number of carbonyl (C=O) groups is 2. The molecule has 4 N–H and O–H groups in total. The van der Waals surface area contributed by atoms with E-state index in [0.717, 1.165) is 5.56 Å². The number of nitrogens with two attached hydrogens (primary N) is 1. The van der Waals surface area contributed by atoms with Gasteiger partial charge in [-0.05, 0) is 38.5 Å². The summed E-state index contributed by atoms with van der Waals surface area (Å²) in [7, 11) is 0. The summed E-state index contributed by atoms with van der Waals surface area (Å²) in [6, 6.07) is 6.64. The highest BCUT2D eigenvalue weighted by Gasteiger charge is 2.20. The Morgan fingerprint density at radius 2 is 1.95 bits per heavy atom. The number of rotatable bonds is 5. The van der Waals surface area contributed by atoms with Gasteiger partial charge in [0.2, 0.25) is 11.8 Å². The molecule has 1 rings (SSSR count). The van der Waals surface area contributed by atoms with E-state index >= 15 is 0 Å². The Labute approximate surface area is 113 Å². The first-order valence-electron chi connectivity index (χ1n) is 6.39. The summed E-state index contributed by atoms with van der Waals surface area (Å²) < 4.78 is 0. The highest BCUT2D eigenvalue weighted by molar-refractivity contribution is 5.90. The molecule has 2 atom stereocenters. The zero-order chi connectivity index (χ0) is 14.4. The maximum Gasteiger partial charge on any atom is 0.242 e. The highest BCUT2D eigenvalue weighted by atomic mass is 16.2. The van der Waals surface area contributed by atoms with Crippen molar-refractivity contribution in [2.24, 2.45) is 0 Å². The first-order valence-corrected chi connectivity index (χ1v) is 6.39. The molecular formula is C14H21N3O2. The molecule has 0 aliphatic carbocycles. The molecule has 0 heterocycles. The van der Waals surface area contributed by atoms with Crippen molar-refractivity contribution in [3.63, 3.8) is 0 Å². The van der Waals surface area contributed by atoms with Gasteiger partial charge < -0.3 is 16.4 Å². The Balaban J connectivity index is 2.65. The summed E-state index contributed by atoms with van der Waals surface area (Å²) >= 11 is 0. The fraction of sp³-hybridized carbons (Fsp3) is 0.429. The standard InChI is InChI=1S/C14H21N3O2/c1-4-16-14(19)10(3)17-13(18)9(2)11-6-5-7-12(15)8-11/h5-10H,4,15H2,1-3H3,(H,16,19)(H,17,18). The van der Waals surface area contributed by atoms with Crippen LogP contribution in [0.5, 0.6) is 0 Å². The molecule has 0 fully saturated rings. The van der Waals surface area contributed by atoms with Crippen LogP contribution >= 0.6 is 0 Å². The largest absolute Gasteiger partial charge is 0.399 e. The van der Waals surface area contributed by atoms with Crippen LogP contribution in [0.15, 0.2) is 24.3 Å². The number of amides is 2. The molecule has 0 spiro atoms. The van der Waals surface area contributed by atoms with Crippen LogP contribution in [0.1, 0.15) is 32.3 Å². The van der Waals surface area contributed by atoms with Crippen molar-refractivity contribution in [2.75, 3.05) is 12.3 Å². The summed E-state index contributed by atoms with van der Waals surface area (Å²) in [6.07, 6.45) is 0. The van der Waals surface area contributed by atoms with Gasteiger partial charge in [0.15, 0.2) is 0 Å². The van der Waals surface area contributed by atoms with E-state index in [2.05, 4.69) is 10.6 Å². The molecule has 0 saturated heterocycles. The lowest BCUT2D eigenvalue weighted by molar-refractivity contribution is -0.129. The molecule has 0 aliphatic rings. The highest BCUT2D eigenvalue weighted by Crippen LogP contribution is 2.17. The van der Waals surface area contributed by atoms with Gasteiger partial charge in [-0.25, -0.2) is 0 Å². The van der Waals surface area contributed by atoms with E-state index in [1.165, 1.54) is 0 Å². The maximum atomic E-state index is 12.0. The Morgan fingerprint density at radius 3 is 2.53 bits per heavy atom. The van der Waals surface area contributed by atoms with Crippen molar-refractivity contribution in [3.8, 4) is 0 Å². The molecule has 0 aliphatic heterocycles. The van der Waals surface area contributed by atoms with Crippen LogP contribution in [0.2, 0.25) is 0 Å². The van der Waals surface area contributed by atoms with E-state index in [4.69, 9.17) is 5.73 Å². The number of benzene rings is 1. The lowest BCUT2D eigenvalue weighted by atomic mass is 9.99. The number of nitrogens with one attached hydrogen (secondary N) is 2.